The number of benzene rings is 2. The predicted octanol–water partition coefficient (Wildman–Crippen LogP) is 4.31. The molecule has 0 radical (unpaired) electrons. The van der Waals surface area contributed by atoms with Crippen LogP contribution in [-0.4, -0.2) is 74.6 Å². The molecule has 9 rings (SSSR count). The smallest absolute Gasteiger partial charge is 0.255 e. The Bertz CT molecular complexity index is 2010. The molecule has 1 aromatic heterocycles. The summed E-state index contributed by atoms with van der Waals surface area (Å²) >= 11 is 0. The van der Waals surface area contributed by atoms with Crippen LogP contribution in [0.4, 0.5) is 5.82 Å². The maximum atomic E-state index is 13.3. The SMILES string of the molecule is Nc1nnc(-c2ccccc2O)cc1C#CC1CCC2(CC1)CC(N1CCC3(CC1)COc1cc4c(cc13)CN(C1CCC(=O)NC1=O)C4=O)C2. The molecular formula is C40H42N6O5. The molecule has 2 aliphatic carbocycles. The van der Waals surface area contributed by atoms with E-state index in [-0.39, 0.29) is 35.3 Å². The number of fused-ring (bicyclic) bond motifs is 3. The molecule has 3 aromatic rings. The molecule has 3 amide bonds. The van der Waals surface area contributed by atoms with E-state index in [1.54, 1.807) is 23.1 Å². The van der Waals surface area contributed by atoms with Gasteiger partial charge in [0.25, 0.3) is 5.91 Å². The number of nitrogens with zero attached hydrogens (tertiary/aromatic N) is 4. The van der Waals surface area contributed by atoms with Crippen molar-refractivity contribution in [1.82, 2.24) is 25.3 Å². The second-order valence-corrected chi connectivity index (χ2v) is 15.7. The average molecular weight is 687 g/mol. The third kappa shape index (κ3) is 5.51. The van der Waals surface area contributed by atoms with Gasteiger partial charge in [-0.3, -0.25) is 19.7 Å². The summed E-state index contributed by atoms with van der Waals surface area (Å²) in [5, 5.41) is 20.9. The zero-order chi connectivity index (χ0) is 34.9. The molecule has 2 aromatic carbocycles. The van der Waals surface area contributed by atoms with Crippen LogP contribution in [0.1, 0.15) is 91.3 Å². The first-order chi connectivity index (χ1) is 24.7. The van der Waals surface area contributed by atoms with Crippen LogP contribution in [0.15, 0.2) is 42.5 Å². The van der Waals surface area contributed by atoms with Gasteiger partial charge in [0.2, 0.25) is 11.8 Å². The monoisotopic (exact) mass is 686 g/mol. The number of carbonyl (C=O) groups is 3. The Morgan fingerprint density at radius 1 is 0.961 bits per heavy atom. The molecule has 5 heterocycles. The molecule has 2 saturated carbocycles. The minimum atomic E-state index is -0.612. The number of carbonyl (C=O) groups excluding carboxylic acids is 3. The van der Waals surface area contributed by atoms with Crippen LogP contribution in [0, 0.1) is 23.2 Å². The first kappa shape index (κ1) is 32.0. The number of nitrogens with one attached hydrogen (secondary N) is 1. The number of anilines is 1. The molecule has 4 aliphatic heterocycles. The molecule has 1 unspecified atom stereocenters. The number of ether oxygens (including phenoxy) is 1. The number of likely N-dealkylation sites (tertiary alicyclic amines) is 1. The molecule has 4 fully saturated rings. The Morgan fingerprint density at radius 2 is 1.75 bits per heavy atom. The molecule has 0 bridgehead atoms. The molecule has 11 nitrogen and oxygen atoms in total. The third-order valence-corrected chi connectivity index (χ3v) is 12.8. The zero-order valence-corrected chi connectivity index (χ0v) is 28.6. The maximum absolute atomic E-state index is 13.3. The zero-order valence-electron chi connectivity index (χ0n) is 28.6. The number of hydrogen-bond donors (Lipinski definition) is 3. The minimum Gasteiger partial charge on any atom is -0.507 e. The molecule has 6 aliphatic rings. The Hall–Kier alpha value is -4.95. The van der Waals surface area contributed by atoms with Crippen molar-refractivity contribution in [2.45, 2.75) is 88.3 Å². The minimum absolute atomic E-state index is 0.0416. The summed E-state index contributed by atoms with van der Waals surface area (Å²) in [5.41, 5.74) is 11.1. The molecule has 51 heavy (non-hydrogen) atoms. The summed E-state index contributed by atoms with van der Waals surface area (Å²) in [6.07, 6.45) is 9.77. The lowest BCUT2D eigenvalue weighted by atomic mass is 9.56. The number of aromatic nitrogens is 2. The highest BCUT2D eigenvalue weighted by Crippen LogP contribution is 2.56. The Morgan fingerprint density at radius 3 is 2.51 bits per heavy atom. The van der Waals surface area contributed by atoms with Gasteiger partial charge in [-0.05, 0) is 112 Å². The van der Waals surface area contributed by atoms with E-state index in [0.29, 0.717) is 65.1 Å². The fourth-order valence-electron chi connectivity index (χ4n) is 9.64. The average Bonchev–Trinajstić information content (AvgIpc) is 3.63. The standard InChI is InChI=1S/C40H42N6O5/c41-36-25(18-31(43-44-36)28-3-1-2-4-33(28)47)6-5-24-9-11-39(12-10-24)20-27(21-39)45-15-13-40(14-16-45)23-51-34-19-29-26(17-30(34)40)22-46(38(29)50)32-7-8-35(48)42-37(32)49/h1-4,17-19,24,27,32,47H,7-16,20-23H2,(H2,41,44)(H,42,48,49). The fraction of sp³-hybridized carbons (Fsp3) is 0.475. The van der Waals surface area contributed by atoms with Gasteiger partial charge < -0.3 is 25.4 Å². The highest BCUT2D eigenvalue weighted by molar-refractivity contribution is 6.05. The van der Waals surface area contributed by atoms with Crippen molar-refractivity contribution >= 4 is 23.5 Å². The third-order valence-electron chi connectivity index (χ3n) is 12.8. The number of rotatable bonds is 3. The van der Waals surface area contributed by atoms with Crippen molar-refractivity contribution in [3.8, 4) is 34.6 Å². The number of phenolic OH excluding ortho intramolecular Hbond substituents is 1. The second kappa shape index (κ2) is 12.1. The van der Waals surface area contributed by atoms with E-state index in [4.69, 9.17) is 10.5 Å². The number of para-hydroxylation sites is 1. The van der Waals surface area contributed by atoms with Crippen molar-refractivity contribution in [3.05, 3.63) is 64.7 Å². The van der Waals surface area contributed by atoms with Gasteiger partial charge in [-0.1, -0.05) is 24.0 Å². The van der Waals surface area contributed by atoms with E-state index < -0.39 is 6.04 Å². The first-order valence-corrected chi connectivity index (χ1v) is 18.3. The number of piperidine rings is 2. The fourth-order valence-corrected chi connectivity index (χ4v) is 9.64. The van der Waals surface area contributed by atoms with Crippen molar-refractivity contribution in [2.24, 2.45) is 11.3 Å². The van der Waals surface area contributed by atoms with Gasteiger partial charge in [-0.15, -0.1) is 10.2 Å². The number of phenols is 1. The Labute approximate surface area is 296 Å². The van der Waals surface area contributed by atoms with Crippen LogP contribution >= 0.6 is 0 Å². The van der Waals surface area contributed by atoms with E-state index in [2.05, 4.69) is 38.3 Å². The van der Waals surface area contributed by atoms with Gasteiger partial charge in [0, 0.05) is 47.0 Å². The summed E-state index contributed by atoms with van der Waals surface area (Å²) in [6.45, 7) is 3.13. The number of nitrogen functional groups attached to an aromatic ring is 1. The molecule has 11 heteroatoms. The van der Waals surface area contributed by atoms with E-state index in [1.807, 2.05) is 18.2 Å². The van der Waals surface area contributed by atoms with Crippen molar-refractivity contribution in [3.63, 3.8) is 0 Å². The maximum Gasteiger partial charge on any atom is 0.255 e. The van der Waals surface area contributed by atoms with Gasteiger partial charge in [-0.25, -0.2) is 0 Å². The van der Waals surface area contributed by atoms with Crippen LogP contribution < -0.4 is 15.8 Å². The quantitative estimate of drug-likeness (QED) is 0.271. The number of amides is 3. The van der Waals surface area contributed by atoms with Crippen LogP contribution in [0.3, 0.4) is 0 Å². The molecule has 1 atom stereocenters. The van der Waals surface area contributed by atoms with Crippen LogP contribution in [0.5, 0.6) is 11.5 Å². The molecule has 262 valence electrons. The molecule has 2 saturated heterocycles. The van der Waals surface area contributed by atoms with Crippen molar-refractivity contribution in [2.75, 3.05) is 25.4 Å². The summed E-state index contributed by atoms with van der Waals surface area (Å²) in [7, 11) is 0. The van der Waals surface area contributed by atoms with Crippen molar-refractivity contribution < 1.29 is 24.2 Å². The Balaban J connectivity index is 0.793. The van der Waals surface area contributed by atoms with E-state index in [1.165, 1.54) is 31.2 Å². The summed E-state index contributed by atoms with van der Waals surface area (Å²) in [6, 6.07) is 13.0. The summed E-state index contributed by atoms with van der Waals surface area (Å²) < 4.78 is 6.25. The number of aromatic hydroxyl groups is 1. The van der Waals surface area contributed by atoms with E-state index in [9.17, 15) is 19.5 Å². The highest BCUT2D eigenvalue weighted by Gasteiger charge is 2.51. The van der Waals surface area contributed by atoms with Crippen LogP contribution in [-0.2, 0) is 21.5 Å². The van der Waals surface area contributed by atoms with Gasteiger partial charge in [0.15, 0.2) is 5.82 Å². The lowest BCUT2D eigenvalue weighted by Gasteiger charge is -2.56. The van der Waals surface area contributed by atoms with E-state index >= 15 is 0 Å². The van der Waals surface area contributed by atoms with E-state index in [0.717, 1.165) is 50.1 Å². The molecule has 4 N–H and O–H groups in total. The van der Waals surface area contributed by atoms with Crippen LogP contribution in [0.25, 0.3) is 11.3 Å². The van der Waals surface area contributed by atoms with Crippen LogP contribution in [0.2, 0.25) is 0 Å². The largest absolute Gasteiger partial charge is 0.507 e. The predicted molar refractivity (Wildman–Crippen MR) is 188 cm³/mol. The number of hydrogen-bond acceptors (Lipinski definition) is 9. The first-order valence-electron chi connectivity index (χ1n) is 18.3. The highest BCUT2D eigenvalue weighted by atomic mass is 16.5. The second-order valence-electron chi connectivity index (χ2n) is 15.7. The Kier molecular flexibility index (Phi) is 7.58. The summed E-state index contributed by atoms with van der Waals surface area (Å²) in [4.78, 5) is 41.9. The normalized spacial score (nSPS) is 28.0. The lowest BCUT2D eigenvalue weighted by Crippen LogP contribution is -2.56. The molecular weight excluding hydrogens is 644 g/mol. The number of imide groups is 1. The molecule has 2 spiro atoms. The van der Waals surface area contributed by atoms with Gasteiger partial charge in [0.1, 0.15) is 17.5 Å². The topological polar surface area (TPSA) is 151 Å². The van der Waals surface area contributed by atoms with Gasteiger partial charge in [-0.2, -0.15) is 0 Å². The summed E-state index contributed by atoms with van der Waals surface area (Å²) in [5.74, 6) is 7.54. The van der Waals surface area contributed by atoms with Gasteiger partial charge >= 0.3 is 0 Å². The lowest BCUT2D eigenvalue weighted by molar-refractivity contribution is -0.136. The number of nitrogens with two attached hydrogens (primary N) is 1. The van der Waals surface area contributed by atoms with Crippen molar-refractivity contribution in [1.29, 1.82) is 0 Å². The van der Waals surface area contributed by atoms with Gasteiger partial charge in [0.05, 0.1) is 17.9 Å².